The molecule has 4 aromatic rings. The van der Waals surface area contributed by atoms with Crippen LogP contribution in [0.5, 0.6) is 17.2 Å². The van der Waals surface area contributed by atoms with Crippen LogP contribution in [0, 0.1) is 0 Å². The van der Waals surface area contributed by atoms with Crippen molar-refractivity contribution in [1.29, 1.82) is 0 Å². The van der Waals surface area contributed by atoms with Gasteiger partial charge in [-0.1, -0.05) is 41.9 Å². The maximum atomic E-state index is 13.2. The summed E-state index contributed by atoms with van der Waals surface area (Å²) in [5, 5.41) is 5.52. The van der Waals surface area contributed by atoms with Crippen molar-refractivity contribution < 1.29 is 23.9 Å². The Balaban J connectivity index is 1.25. The summed E-state index contributed by atoms with van der Waals surface area (Å²) in [6, 6.07) is 29.4. The lowest BCUT2D eigenvalue weighted by Gasteiger charge is -2.16. The first-order valence-electron chi connectivity index (χ1n) is 12.5. The normalized spacial score (nSPS) is 12.9. The van der Waals surface area contributed by atoms with Gasteiger partial charge in [0.25, 0.3) is 17.7 Å². The van der Waals surface area contributed by atoms with Crippen molar-refractivity contribution in [2.45, 2.75) is 6.92 Å². The number of amides is 3. The third kappa shape index (κ3) is 5.67. The van der Waals surface area contributed by atoms with Gasteiger partial charge >= 0.3 is 0 Å². The maximum absolute atomic E-state index is 13.2. The van der Waals surface area contributed by atoms with E-state index in [0.29, 0.717) is 46.5 Å². The monoisotopic (exact) mass is 553 g/mol. The van der Waals surface area contributed by atoms with Crippen LogP contribution in [-0.4, -0.2) is 24.3 Å². The van der Waals surface area contributed by atoms with Gasteiger partial charge in [-0.15, -0.1) is 0 Å². The van der Waals surface area contributed by atoms with E-state index in [1.54, 1.807) is 66.7 Å². The Morgan fingerprint density at radius 3 is 2.15 bits per heavy atom. The molecule has 1 aliphatic heterocycles. The molecular formula is C31H24ClN3O5. The van der Waals surface area contributed by atoms with Gasteiger partial charge in [-0.3, -0.25) is 14.4 Å². The summed E-state index contributed by atoms with van der Waals surface area (Å²) in [6.07, 6.45) is 0. The smallest absolute Gasteiger partial charge is 0.283 e. The van der Waals surface area contributed by atoms with Gasteiger partial charge < -0.3 is 20.1 Å². The Morgan fingerprint density at radius 2 is 1.45 bits per heavy atom. The fourth-order valence-electron chi connectivity index (χ4n) is 4.03. The minimum atomic E-state index is -0.644. The second kappa shape index (κ2) is 11.8. The predicted molar refractivity (Wildman–Crippen MR) is 154 cm³/mol. The number of hydrogen-bond donors (Lipinski definition) is 2. The van der Waals surface area contributed by atoms with Crippen LogP contribution in [0.1, 0.15) is 17.3 Å². The van der Waals surface area contributed by atoms with Gasteiger partial charge in [-0.25, -0.2) is 4.90 Å². The molecule has 8 nitrogen and oxygen atoms in total. The van der Waals surface area contributed by atoms with Crippen LogP contribution in [0.25, 0.3) is 0 Å². The van der Waals surface area contributed by atoms with Crippen molar-refractivity contribution in [2.75, 3.05) is 22.1 Å². The predicted octanol–water partition coefficient (Wildman–Crippen LogP) is 6.57. The van der Waals surface area contributed by atoms with Crippen molar-refractivity contribution in [1.82, 2.24) is 0 Å². The third-order valence-electron chi connectivity index (χ3n) is 5.95. The molecule has 5 rings (SSSR count). The summed E-state index contributed by atoms with van der Waals surface area (Å²) in [6.45, 7) is 2.34. The number of rotatable bonds is 9. The standard InChI is InChI=1S/C31H24ClN3O5/c1-2-39-26-11-7-6-10-25(26)34-29(36)20-12-14-21(15-13-20)33-28-27(32)30(37)35(31(28)38)22-16-18-24(19-17-22)40-23-8-4-3-5-9-23/h3-19,33H,2H2,1H3,(H,34,36). The van der Waals surface area contributed by atoms with E-state index in [-0.39, 0.29) is 16.6 Å². The lowest BCUT2D eigenvalue weighted by atomic mass is 10.1. The van der Waals surface area contributed by atoms with Crippen molar-refractivity contribution in [3.63, 3.8) is 0 Å². The van der Waals surface area contributed by atoms with Crippen molar-refractivity contribution in [3.05, 3.63) is 119 Å². The molecule has 1 heterocycles. The third-order valence-corrected chi connectivity index (χ3v) is 6.30. The highest BCUT2D eigenvalue weighted by atomic mass is 35.5. The molecule has 200 valence electrons. The zero-order chi connectivity index (χ0) is 28.1. The second-order valence-corrected chi connectivity index (χ2v) is 9.01. The maximum Gasteiger partial charge on any atom is 0.283 e. The molecule has 2 N–H and O–H groups in total. The summed E-state index contributed by atoms with van der Waals surface area (Å²) >= 11 is 6.27. The van der Waals surface area contributed by atoms with Crippen molar-refractivity contribution in [2.24, 2.45) is 0 Å². The van der Waals surface area contributed by atoms with Gasteiger partial charge in [0.1, 0.15) is 28.0 Å². The fourth-order valence-corrected chi connectivity index (χ4v) is 4.24. The van der Waals surface area contributed by atoms with Crippen LogP contribution in [0.15, 0.2) is 114 Å². The summed E-state index contributed by atoms with van der Waals surface area (Å²) in [7, 11) is 0. The summed E-state index contributed by atoms with van der Waals surface area (Å²) in [4.78, 5) is 39.8. The quantitative estimate of drug-likeness (QED) is 0.228. The average Bonchev–Trinajstić information content (AvgIpc) is 3.18. The summed E-state index contributed by atoms with van der Waals surface area (Å²) in [5.41, 5.74) is 1.73. The SMILES string of the molecule is CCOc1ccccc1NC(=O)c1ccc(NC2=C(Cl)C(=O)N(c3ccc(Oc4ccccc4)cc3)C2=O)cc1. The van der Waals surface area contributed by atoms with E-state index in [9.17, 15) is 14.4 Å². The highest BCUT2D eigenvalue weighted by Crippen LogP contribution is 2.32. The number of ether oxygens (including phenoxy) is 2. The minimum Gasteiger partial charge on any atom is -0.492 e. The lowest BCUT2D eigenvalue weighted by Crippen LogP contribution is -2.32. The Morgan fingerprint density at radius 1 is 0.800 bits per heavy atom. The number of benzene rings is 4. The molecule has 0 atom stereocenters. The van der Waals surface area contributed by atoms with E-state index in [0.717, 1.165) is 4.90 Å². The number of para-hydroxylation sites is 3. The molecule has 0 saturated heterocycles. The van der Waals surface area contributed by atoms with E-state index < -0.39 is 11.8 Å². The molecule has 0 radical (unpaired) electrons. The average molecular weight is 554 g/mol. The molecule has 9 heteroatoms. The number of carbonyl (C=O) groups excluding carboxylic acids is 3. The Bertz CT molecular complexity index is 1590. The van der Waals surface area contributed by atoms with Gasteiger partial charge in [-0.2, -0.15) is 0 Å². The van der Waals surface area contributed by atoms with Crippen molar-refractivity contribution in [3.8, 4) is 17.2 Å². The molecule has 0 saturated carbocycles. The van der Waals surface area contributed by atoms with Crippen LogP contribution < -0.4 is 25.0 Å². The molecule has 40 heavy (non-hydrogen) atoms. The molecule has 0 bridgehead atoms. The molecule has 0 aliphatic carbocycles. The molecule has 0 fully saturated rings. The zero-order valence-corrected chi connectivity index (χ0v) is 22.1. The van der Waals surface area contributed by atoms with Gasteiger partial charge in [0.05, 0.1) is 18.0 Å². The van der Waals surface area contributed by atoms with Gasteiger partial charge in [0.2, 0.25) is 0 Å². The van der Waals surface area contributed by atoms with E-state index in [4.69, 9.17) is 21.1 Å². The van der Waals surface area contributed by atoms with Gasteiger partial charge in [0, 0.05) is 11.3 Å². The topological polar surface area (TPSA) is 97.0 Å². The van der Waals surface area contributed by atoms with Crippen LogP contribution in [0.4, 0.5) is 17.1 Å². The second-order valence-electron chi connectivity index (χ2n) is 8.63. The van der Waals surface area contributed by atoms with Crippen LogP contribution >= 0.6 is 11.6 Å². The summed E-state index contributed by atoms with van der Waals surface area (Å²) in [5.74, 6) is 0.228. The van der Waals surface area contributed by atoms with Crippen LogP contribution in [0.2, 0.25) is 0 Å². The Kier molecular flexibility index (Phi) is 7.80. The number of anilines is 3. The fraction of sp³-hybridized carbons (Fsp3) is 0.0645. The molecular weight excluding hydrogens is 530 g/mol. The Hall–Kier alpha value is -5.08. The minimum absolute atomic E-state index is 0.0564. The number of nitrogens with one attached hydrogen (secondary N) is 2. The van der Waals surface area contributed by atoms with Crippen LogP contribution in [0.3, 0.4) is 0 Å². The van der Waals surface area contributed by atoms with Gasteiger partial charge in [-0.05, 0) is 79.7 Å². The first kappa shape index (κ1) is 26.5. The van der Waals surface area contributed by atoms with E-state index in [1.807, 2.05) is 43.3 Å². The van der Waals surface area contributed by atoms with Gasteiger partial charge in [0.15, 0.2) is 0 Å². The zero-order valence-electron chi connectivity index (χ0n) is 21.4. The molecule has 0 spiro atoms. The largest absolute Gasteiger partial charge is 0.492 e. The highest BCUT2D eigenvalue weighted by molar-refractivity contribution is 6.53. The van der Waals surface area contributed by atoms with Crippen LogP contribution in [-0.2, 0) is 9.59 Å². The van der Waals surface area contributed by atoms with E-state index >= 15 is 0 Å². The molecule has 1 aliphatic rings. The number of halogens is 1. The summed E-state index contributed by atoms with van der Waals surface area (Å²) < 4.78 is 11.3. The number of carbonyl (C=O) groups is 3. The number of hydrogen-bond acceptors (Lipinski definition) is 6. The number of nitrogens with zero attached hydrogens (tertiary/aromatic N) is 1. The molecule has 0 unspecified atom stereocenters. The Labute approximate surface area is 235 Å². The lowest BCUT2D eigenvalue weighted by molar-refractivity contribution is -0.120. The van der Waals surface area contributed by atoms with E-state index in [2.05, 4.69) is 10.6 Å². The molecule has 0 aromatic heterocycles. The highest BCUT2D eigenvalue weighted by Gasteiger charge is 2.39. The van der Waals surface area contributed by atoms with E-state index in [1.165, 1.54) is 0 Å². The first-order valence-corrected chi connectivity index (χ1v) is 12.8. The molecule has 4 aromatic carbocycles. The number of imide groups is 1. The first-order chi connectivity index (χ1) is 19.4. The van der Waals surface area contributed by atoms with Crippen molar-refractivity contribution >= 4 is 46.4 Å². The molecule has 3 amide bonds.